The third kappa shape index (κ3) is 4.27. The number of piperidine rings is 1. The van der Waals surface area contributed by atoms with E-state index in [-0.39, 0.29) is 0 Å². The van der Waals surface area contributed by atoms with Gasteiger partial charge in [0.25, 0.3) is 0 Å². The maximum absolute atomic E-state index is 7.31. The minimum atomic E-state index is 0.414. The normalized spacial score (nSPS) is 18.5. The minimum Gasteiger partial charge on any atom is -0.484 e. The Labute approximate surface area is 80.6 Å². The molecular weight excluding hydrogens is 164 g/mol. The first kappa shape index (κ1) is 10.5. The van der Waals surface area contributed by atoms with Crippen molar-refractivity contribution < 1.29 is 4.74 Å². The van der Waals surface area contributed by atoms with Gasteiger partial charge in [0, 0.05) is 6.42 Å². The van der Waals surface area contributed by atoms with E-state index in [1.165, 1.54) is 32.4 Å². The molecule has 76 valence electrons. The maximum Gasteiger partial charge on any atom is 0.180 e. The molecule has 1 saturated heterocycles. The molecule has 0 amide bonds. The lowest BCUT2D eigenvalue weighted by molar-refractivity contribution is 0.226. The number of likely N-dealkylation sites (tertiary alicyclic amines) is 1. The van der Waals surface area contributed by atoms with Gasteiger partial charge in [0.05, 0.1) is 7.11 Å². The van der Waals surface area contributed by atoms with Gasteiger partial charge in [0.15, 0.2) is 5.90 Å². The summed E-state index contributed by atoms with van der Waals surface area (Å²) in [5.41, 5.74) is 0. The summed E-state index contributed by atoms with van der Waals surface area (Å²) in [5.74, 6) is 0.414. The standard InChI is InChI=1S/C10H20N2O/c1-13-10(11)6-5-9-12-7-3-2-4-8-12/h11H,2-9H2,1H3. The molecule has 0 atom stereocenters. The highest BCUT2D eigenvalue weighted by molar-refractivity contribution is 5.72. The number of hydrogen-bond acceptors (Lipinski definition) is 3. The van der Waals surface area contributed by atoms with E-state index in [1.807, 2.05) is 0 Å². The van der Waals surface area contributed by atoms with Crippen molar-refractivity contribution in [3.63, 3.8) is 0 Å². The van der Waals surface area contributed by atoms with Crippen LogP contribution < -0.4 is 0 Å². The zero-order chi connectivity index (χ0) is 9.52. The van der Waals surface area contributed by atoms with Gasteiger partial charge in [0.1, 0.15) is 0 Å². The van der Waals surface area contributed by atoms with Gasteiger partial charge in [-0.15, -0.1) is 0 Å². The molecule has 0 saturated carbocycles. The summed E-state index contributed by atoms with van der Waals surface area (Å²) in [5, 5.41) is 7.31. The summed E-state index contributed by atoms with van der Waals surface area (Å²) in [6.07, 6.45) is 5.94. The predicted octanol–water partition coefficient (Wildman–Crippen LogP) is 1.88. The highest BCUT2D eigenvalue weighted by Crippen LogP contribution is 2.09. The number of ether oxygens (including phenoxy) is 1. The van der Waals surface area contributed by atoms with Crippen LogP contribution in [0.15, 0.2) is 0 Å². The second kappa shape index (κ2) is 5.97. The highest BCUT2D eigenvalue weighted by atomic mass is 16.5. The SMILES string of the molecule is COC(=N)CCCN1CCCCC1. The third-order valence-corrected chi connectivity index (χ3v) is 2.57. The molecule has 0 aromatic rings. The molecule has 0 aromatic carbocycles. The van der Waals surface area contributed by atoms with Crippen LogP contribution in [0.5, 0.6) is 0 Å². The van der Waals surface area contributed by atoms with Gasteiger partial charge >= 0.3 is 0 Å². The Bertz CT molecular complexity index is 153. The van der Waals surface area contributed by atoms with E-state index in [0.717, 1.165) is 19.4 Å². The van der Waals surface area contributed by atoms with Crippen molar-refractivity contribution in [1.82, 2.24) is 4.90 Å². The molecule has 1 fully saturated rings. The van der Waals surface area contributed by atoms with Crippen LogP contribution in [0, 0.1) is 5.41 Å². The lowest BCUT2D eigenvalue weighted by Crippen LogP contribution is -2.30. The molecule has 1 aliphatic heterocycles. The van der Waals surface area contributed by atoms with Crippen LogP contribution in [0.1, 0.15) is 32.1 Å². The van der Waals surface area contributed by atoms with Gasteiger partial charge in [0.2, 0.25) is 0 Å². The van der Waals surface area contributed by atoms with Crippen LogP contribution in [0.2, 0.25) is 0 Å². The van der Waals surface area contributed by atoms with Crippen LogP contribution in [-0.4, -0.2) is 37.5 Å². The second-order valence-electron chi connectivity index (χ2n) is 3.63. The number of hydrogen-bond donors (Lipinski definition) is 1. The summed E-state index contributed by atoms with van der Waals surface area (Å²) in [6.45, 7) is 3.63. The Morgan fingerprint density at radius 1 is 1.31 bits per heavy atom. The summed E-state index contributed by atoms with van der Waals surface area (Å²) in [7, 11) is 1.57. The topological polar surface area (TPSA) is 36.3 Å². The molecule has 0 bridgehead atoms. The van der Waals surface area contributed by atoms with Crippen molar-refractivity contribution in [3.05, 3.63) is 0 Å². The van der Waals surface area contributed by atoms with Crippen LogP contribution in [0.25, 0.3) is 0 Å². The minimum absolute atomic E-state index is 0.414. The van der Waals surface area contributed by atoms with Crippen molar-refractivity contribution in [1.29, 1.82) is 5.41 Å². The third-order valence-electron chi connectivity index (χ3n) is 2.57. The lowest BCUT2D eigenvalue weighted by atomic mass is 10.1. The van der Waals surface area contributed by atoms with E-state index in [9.17, 15) is 0 Å². The van der Waals surface area contributed by atoms with E-state index in [2.05, 4.69) is 4.90 Å². The summed E-state index contributed by atoms with van der Waals surface area (Å²) in [4.78, 5) is 2.49. The molecule has 0 aliphatic carbocycles. The predicted molar refractivity (Wildman–Crippen MR) is 54.3 cm³/mol. The summed E-state index contributed by atoms with van der Waals surface area (Å²) < 4.78 is 4.80. The van der Waals surface area contributed by atoms with Gasteiger partial charge < -0.3 is 9.64 Å². The van der Waals surface area contributed by atoms with E-state index < -0.39 is 0 Å². The van der Waals surface area contributed by atoms with Gasteiger partial charge in [-0.3, -0.25) is 5.41 Å². The first-order valence-electron chi connectivity index (χ1n) is 5.16. The average Bonchev–Trinajstić information content (AvgIpc) is 2.19. The molecule has 1 rings (SSSR count). The molecule has 0 unspecified atom stereocenters. The molecule has 0 aromatic heterocycles. The molecule has 0 radical (unpaired) electrons. The van der Waals surface area contributed by atoms with Gasteiger partial charge in [-0.25, -0.2) is 0 Å². The second-order valence-corrected chi connectivity index (χ2v) is 3.63. The Kier molecular flexibility index (Phi) is 4.83. The maximum atomic E-state index is 7.31. The van der Waals surface area contributed by atoms with E-state index >= 15 is 0 Å². The van der Waals surface area contributed by atoms with Gasteiger partial charge in [-0.2, -0.15) is 0 Å². The van der Waals surface area contributed by atoms with E-state index in [0.29, 0.717) is 5.90 Å². The average molecular weight is 184 g/mol. The zero-order valence-electron chi connectivity index (χ0n) is 8.51. The lowest BCUT2D eigenvalue weighted by Gasteiger charge is -2.26. The van der Waals surface area contributed by atoms with E-state index in [4.69, 9.17) is 10.1 Å². The number of methoxy groups -OCH3 is 1. The molecule has 1 aliphatic rings. The van der Waals surface area contributed by atoms with Gasteiger partial charge in [-0.1, -0.05) is 6.42 Å². The van der Waals surface area contributed by atoms with Crippen LogP contribution >= 0.6 is 0 Å². The molecule has 13 heavy (non-hydrogen) atoms. The molecule has 1 N–H and O–H groups in total. The van der Waals surface area contributed by atoms with E-state index in [1.54, 1.807) is 7.11 Å². The number of nitrogens with zero attached hydrogens (tertiary/aromatic N) is 1. The fraction of sp³-hybridized carbons (Fsp3) is 0.900. The Balaban J connectivity index is 2.01. The number of rotatable bonds is 4. The largest absolute Gasteiger partial charge is 0.484 e. The smallest absolute Gasteiger partial charge is 0.180 e. The summed E-state index contributed by atoms with van der Waals surface area (Å²) >= 11 is 0. The molecular formula is C10H20N2O. The van der Waals surface area contributed by atoms with Crippen molar-refractivity contribution in [3.8, 4) is 0 Å². The monoisotopic (exact) mass is 184 g/mol. The van der Waals surface area contributed by atoms with Crippen LogP contribution in [0.4, 0.5) is 0 Å². The first-order chi connectivity index (χ1) is 6.33. The fourth-order valence-electron chi connectivity index (χ4n) is 1.75. The number of nitrogens with one attached hydrogen (secondary N) is 1. The quantitative estimate of drug-likeness (QED) is 0.535. The molecule has 0 spiro atoms. The van der Waals surface area contributed by atoms with Crippen molar-refractivity contribution in [2.45, 2.75) is 32.1 Å². The highest BCUT2D eigenvalue weighted by Gasteiger charge is 2.09. The first-order valence-corrected chi connectivity index (χ1v) is 5.16. The van der Waals surface area contributed by atoms with Crippen LogP contribution in [-0.2, 0) is 4.74 Å². The summed E-state index contributed by atoms with van der Waals surface area (Å²) in [6, 6.07) is 0. The molecule has 3 nitrogen and oxygen atoms in total. The Morgan fingerprint density at radius 3 is 2.62 bits per heavy atom. The Hall–Kier alpha value is -0.570. The Morgan fingerprint density at radius 2 is 2.00 bits per heavy atom. The van der Waals surface area contributed by atoms with Gasteiger partial charge in [-0.05, 0) is 38.9 Å². The molecule has 3 heteroatoms. The van der Waals surface area contributed by atoms with Crippen molar-refractivity contribution >= 4 is 5.90 Å². The van der Waals surface area contributed by atoms with Crippen LogP contribution in [0.3, 0.4) is 0 Å². The fourth-order valence-corrected chi connectivity index (χ4v) is 1.75. The zero-order valence-corrected chi connectivity index (χ0v) is 8.51. The molecule has 1 heterocycles. The van der Waals surface area contributed by atoms with Crippen molar-refractivity contribution in [2.24, 2.45) is 0 Å². The van der Waals surface area contributed by atoms with Crippen molar-refractivity contribution in [2.75, 3.05) is 26.7 Å².